The lowest BCUT2D eigenvalue weighted by atomic mass is 9.99. The maximum atomic E-state index is 5.66. The molecule has 0 atom stereocenters. The number of aryl methyl sites for hydroxylation is 2. The van der Waals surface area contributed by atoms with Crippen LogP contribution in [0.3, 0.4) is 0 Å². The molecule has 2 heterocycles. The molecule has 1 aliphatic rings. The lowest BCUT2D eigenvalue weighted by Crippen LogP contribution is -2.11. The Hall–Kier alpha value is -1.81. The molecule has 0 amide bonds. The van der Waals surface area contributed by atoms with Crippen molar-refractivity contribution in [2.75, 3.05) is 13.7 Å². The summed E-state index contributed by atoms with van der Waals surface area (Å²) < 4.78 is 7.60. The summed E-state index contributed by atoms with van der Waals surface area (Å²) in [7, 11) is 3.94. The van der Waals surface area contributed by atoms with Gasteiger partial charge in [0, 0.05) is 19.2 Å². The fourth-order valence-electron chi connectivity index (χ4n) is 2.61. The normalized spacial score (nSPS) is 14.0. The van der Waals surface area contributed by atoms with Crippen molar-refractivity contribution in [2.45, 2.75) is 19.4 Å². The van der Waals surface area contributed by atoms with Crippen molar-refractivity contribution in [3.8, 4) is 16.9 Å². The maximum Gasteiger partial charge on any atom is 0.122 e. The third kappa shape index (κ3) is 2.24. The summed E-state index contributed by atoms with van der Waals surface area (Å²) in [5.74, 6) is 1.04. The SMILES string of the molecule is CNCc1c(-c2ccc3c(c2)CCCO3)cnn1C. The summed E-state index contributed by atoms with van der Waals surface area (Å²) in [6.45, 7) is 1.66. The van der Waals surface area contributed by atoms with Gasteiger partial charge in [-0.25, -0.2) is 0 Å². The van der Waals surface area contributed by atoms with Gasteiger partial charge in [-0.05, 0) is 43.1 Å². The molecule has 1 aromatic carbocycles. The van der Waals surface area contributed by atoms with E-state index in [0.29, 0.717) is 0 Å². The topological polar surface area (TPSA) is 39.1 Å². The fraction of sp³-hybridized carbons (Fsp3) is 0.400. The Bertz CT molecular complexity index is 589. The summed E-state index contributed by atoms with van der Waals surface area (Å²) in [6.07, 6.45) is 4.15. The Labute approximate surface area is 113 Å². The van der Waals surface area contributed by atoms with E-state index in [1.165, 1.54) is 22.4 Å². The van der Waals surface area contributed by atoms with E-state index in [0.717, 1.165) is 31.7 Å². The lowest BCUT2D eigenvalue weighted by Gasteiger charge is -2.18. The van der Waals surface area contributed by atoms with Crippen molar-refractivity contribution in [3.63, 3.8) is 0 Å². The van der Waals surface area contributed by atoms with Crippen molar-refractivity contribution < 1.29 is 4.74 Å². The molecule has 0 bridgehead atoms. The van der Waals surface area contributed by atoms with Gasteiger partial charge < -0.3 is 10.1 Å². The van der Waals surface area contributed by atoms with E-state index in [2.05, 4.69) is 28.6 Å². The van der Waals surface area contributed by atoms with Gasteiger partial charge >= 0.3 is 0 Å². The molecule has 0 unspecified atom stereocenters. The summed E-state index contributed by atoms with van der Waals surface area (Å²) >= 11 is 0. The van der Waals surface area contributed by atoms with Crippen LogP contribution in [0, 0.1) is 0 Å². The molecule has 1 N–H and O–H groups in total. The van der Waals surface area contributed by atoms with Crippen LogP contribution in [0.2, 0.25) is 0 Å². The summed E-state index contributed by atoms with van der Waals surface area (Å²) in [5, 5.41) is 7.57. The van der Waals surface area contributed by atoms with Gasteiger partial charge in [-0.1, -0.05) is 6.07 Å². The number of benzene rings is 1. The Kier molecular flexibility index (Phi) is 3.25. The van der Waals surface area contributed by atoms with Crippen LogP contribution in [-0.4, -0.2) is 23.4 Å². The molecule has 1 aromatic heterocycles. The van der Waals surface area contributed by atoms with Crippen molar-refractivity contribution in [3.05, 3.63) is 35.7 Å². The third-order valence-corrected chi connectivity index (χ3v) is 3.63. The second-order valence-electron chi connectivity index (χ2n) is 4.93. The highest BCUT2D eigenvalue weighted by Crippen LogP contribution is 2.31. The first-order valence-corrected chi connectivity index (χ1v) is 6.71. The van der Waals surface area contributed by atoms with Crippen LogP contribution >= 0.6 is 0 Å². The second-order valence-corrected chi connectivity index (χ2v) is 4.93. The summed E-state index contributed by atoms with van der Waals surface area (Å²) in [4.78, 5) is 0. The van der Waals surface area contributed by atoms with Crippen LogP contribution in [0.5, 0.6) is 5.75 Å². The molecule has 19 heavy (non-hydrogen) atoms. The van der Waals surface area contributed by atoms with Crippen molar-refractivity contribution in [1.29, 1.82) is 0 Å². The van der Waals surface area contributed by atoms with Crippen LogP contribution in [0.25, 0.3) is 11.1 Å². The van der Waals surface area contributed by atoms with Gasteiger partial charge in [-0.3, -0.25) is 4.68 Å². The van der Waals surface area contributed by atoms with Gasteiger partial charge in [0.2, 0.25) is 0 Å². The summed E-state index contributed by atoms with van der Waals surface area (Å²) in [6, 6.07) is 6.45. The second kappa shape index (κ2) is 5.05. The standard InChI is InChI=1S/C15H19N3O/c1-16-10-14-13(9-17-18(14)2)11-5-6-15-12(8-11)4-3-7-19-15/h5-6,8-9,16H,3-4,7,10H2,1-2H3. The Balaban J connectivity index is 2.02. The van der Waals surface area contributed by atoms with Crippen LogP contribution in [0.15, 0.2) is 24.4 Å². The number of hydrogen-bond donors (Lipinski definition) is 1. The molecule has 4 heteroatoms. The number of nitrogens with one attached hydrogen (secondary N) is 1. The van der Waals surface area contributed by atoms with E-state index in [4.69, 9.17) is 4.74 Å². The number of fused-ring (bicyclic) bond motifs is 1. The first-order chi connectivity index (χ1) is 9.29. The Morgan fingerprint density at radius 1 is 1.42 bits per heavy atom. The van der Waals surface area contributed by atoms with Crippen LogP contribution < -0.4 is 10.1 Å². The van der Waals surface area contributed by atoms with Crippen LogP contribution in [-0.2, 0) is 20.0 Å². The smallest absolute Gasteiger partial charge is 0.122 e. The predicted octanol–water partition coefficient (Wildman–Crippen LogP) is 2.13. The molecule has 3 rings (SSSR count). The molecule has 1 aliphatic heterocycles. The van der Waals surface area contributed by atoms with Crippen LogP contribution in [0.1, 0.15) is 17.7 Å². The molecule has 2 aromatic rings. The van der Waals surface area contributed by atoms with Gasteiger partial charge in [0.15, 0.2) is 0 Å². The quantitative estimate of drug-likeness (QED) is 0.915. The first-order valence-electron chi connectivity index (χ1n) is 6.71. The van der Waals surface area contributed by atoms with E-state index in [-0.39, 0.29) is 0 Å². The molecule has 0 aliphatic carbocycles. The summed E-state index contributed by atoms with van der Waals surface area (Å²) in [5.41, 5.74) is 4.94. The molecule has 0 spiro atoms. The molecular weight excluding hydrogens is 238 g/mol. The van der Waals surface area contributed by atoms with E-state index < -0.39 is 0 Å². The average molecular weight is 257 g/mol. The van der Waals surface area contributed by atoms with E-state index in [1.54, 1.807) is 0 Å². The minimum Gasteiger partial charge on any atom is -0.493 e. The maximum absolute atomic E-state index is 5.66. The molecule has 0 saturated carbocycles. The van der Waals surface area contributed by atoms with Gasteiger partial charge in [0.25, 0.3) is 0 Å². The van der Waals surface area contributed by atoms with Crippen molar-refractivity contribution >= 4 is 0 Å². The largest absolute Gasteiger partial charge is 0.493 e. The number of rotatable bonds is 3. The van der Waals surface area contributed by atoms with Gasteiger partial charge in [0.1, 0.15) is 5.75 Å². The Morgan fingerprint density at radius 2 is 2.32 bits per heavy atom. The zero-order valence-corrected chi connectivity index (χ0v) is 11.4. The first kappa shape index (κ1) is 12.2. The molecule has 100 valence electrons. The number of ether oxygens (including phenoxy) is 1. The highest BCUT2D eigenvalue weighted by molar-refractivity contribution is 5.67. The average Bonchev–Trinajstić information content (AvgIpc) is 2.80. The fourth-order valence-corrected chi connectivity index (χ4v) is 2.61. The van der Waals surface area contributed by atoms with E-state index in [1.807, 2.05) is 25.0 Å². The van der Waals surface area contributed by atoms with Crippen LogP contribution in [0.4, 0.5) is 0 Å². The number of aromatic nitrogens is 2. The van der Waals surface area contributed by atoms with E-state index >= 15 is 0 Å². The lowest BCUT2D eigenvalue weighted by molar-refractivity contribution is 0.288. The third-order valence-electron chi connectivity index (χ3n) is 3.63. The minimum atomic E-state index is 0.819. The molecule has 0 fully saturated rings. The predicted molar refractivity (Wildman–Crippen MR) is 75.2 cm³/mol. The number of hydrogen-bond acceptors (Lipinski definition) is 3. The Morgan fingerprint density at radius 3 is 3.16 bits per heavy atom. The zero-order valence-electron chi connectivity index (χ0n) is 11.4. The minimum absolute atomic E-state index is 0.819. The van der Waals surface area contributed by atoms with Gasteiger partial charge in [-0.15, -0.1) is 0 Å². The molecular formula is C15H19N3O. The van der Waals surface area contributed by atoms with Gasteiger partial charge in [-0.2, -0.15) is 5.10 Å². The highest BCUT2D eigenvalue weighted by atomic mass is 16.5. The van der Waals surface area contributed by atoms with Crippen molar-refractivity contribution in [1.82, 2.24) is 15.1 Å². The molecule has 0 saturated heterocycles. The van der Waals surface area contributed by atoms with Crippen molar-refractivity contribution in [2.24, 2.45) is 7.05 Å². The van der Waals surface area contributed by atoms with Gasteiger partial charge in [0.05, 0.1) is 18.5 Å². The zero-order chi connectivity index (χ0) is 13.2. The highest BCUT2D eigenvalue weighted by Gasteiger charge is 2.14. The van der Waals surface area contributed by atoms with E-state index in [9.17, 15) is 0 Å². The number of nitrogens with zero attached hydrogens (tertiary/aromatic N) is 2. The molecule has 0 radical (unpaired) electrons. The monoisotopic (exact) mass is 257 g/mol. The molecule has 4 nitrogen and oxygen atoms in total.